The lowest BCUT2D eigenvalue weighted by atomic mass is 9.87. The number of hydrogen-bond donors (Lipinski definition) is 0. The average molecular weight is 476 g/mol. The second-order valence-electron chi connectivity index (χ2n) is 9.35. The van der Waals surface area contributed by atoms with Gasteiger partial charge in [-0.1, -0.05) is 45.2 Å². The van der Waals surface area contributed by atoms with Gasteiger partial charge in [0.1, 0.15) is 11.6 Å². The van der Waals surface area contributed by atoms with Crippen LogP contribution in [0, 0.1) is 5.92 Å². The van der Waals surface area contributed by atoms with Gasteiger partial charge in [-0.25, -0.2) is 4.98 Å². The fraction of sp³-hybridized carbons (Fsp3) is 0.483. The summed E-state index contributed by atoms with van der Waals surface area (Å²) < 4.78 is 7.31. The van der Waals surface area contributed by atoms with Crippen molar-refractivity contribution in [2.45, 2.75) is 71.8 Å². The van der Waals surface area contributed by atoms with E-state index in [0.29, 0.717) is 36.3 Å². The van der Waals surface area contributed by atoms with E-state index in [0.717, 1.165) is 43.5 Å². The summed E-state index contributed by atoms with van der Waals surface area (Å²) in [7, 11) is 0. The second kappa shape index (κ2) is 11.5. The van der Waals surface area contributed by atoms with Crippen molar-refractivity contribution in [3.05, 3.63) is 64.7 Å². The van der Waals surface area contributed by atoms with Crippen LogP contribution in [0.25, 0.3) is 16.6 Å². The summed E-state index contributed by atoms with van der Waals surface area (Å²) in [6, 6.07) is 14.7. The van der Waals surface area contributed by atoms with Crippen LogP contribution in [-0.2, 0) is 4.79 Å². The molecule has 0 saturated heterocycles. The van der Waals surface area contributed by atoms with E-state index in [4.69, 9.17) is 9.72 Å². The third-order valence-electron chi connectivity index (χ3n) is 6.97. The van der Waals surface area contributed by atoms with Gasteiger partial charge < -0.3 is 9.64 Å². The minimum atomic E-state index is -0.284. The van der Waals surface area contributed by atoms with E-state index in [2.05, 4.69) is 13.8 Å². The maximum absolute atomic E-state index is 13.8. The lowest BCUT2D eigenvalue weighted by Crippen LogP contribution is -2.42. The lowest BCUT2D eigenvalue weighted by molar-refractivity contribution is -0.139. The van der Waals surface area contributed by atoms with E-state index in [9.17, 15) is 9.59 Å². The van der Waals surface area contributed by atoms with Crippen molar-refractivity contribution >= 4 is 16.8 Å². The highest BCUT2D eigenvalue weighted by Crippen LogP contribution is 2.32. The molecule has 1 saturated carbocycles. The maximum atomic E-state index is 13.8. The molecule has 1 aliphatic carbocycles. The Morgan fingerprint density at radius 3 is 2.43 bits per heavy atom. The fourth-order valence-electron chi connectivity index (χ4n) is 5.27. The van der Waals surface area contributed by atoms with Crippen LogP contribution in [0.4, 0.5) is 0 Å². The Bertz CT molecular complexity index is 1200. The highest BCUT2D eigenvalue weighted by atomic mass is 16.5. The zero-order chi connectivity index (χ0) is 24.8. The molecule has 0 bridgehead atoms. The van der Waals surface area contributed by atoms with Gasteiger partial charge in [0, 0.05) is 12.5 Å². The molecule has 2 aromatic carbocycles. The topological polar surface area (TPSA) is 64.4 Å². The minimum Gasteiger partial charge on any atom is -0.494 e. The van der Waals surface area contributed by atoms with E-state index in [-0.39, 0.29) is 23.4 Å². The van der Waals surface area contributed by atoms with Gasteiger partial charge in [-0.05, 0) is 69.0 Å². The van der Waals surface area contributed by atoms with Crippen molar-refractivity contribution in [1.82, 2.24) is 14.5 Å². The number of ether oxygens (including phenoxy) is 1. The van der Waals surface area contributed by atoms with Crippen LogP contribution >= 0.6 is 0 Å². The van der Waals surface area contributed by atoms with Crippen molar-refractivity contribution in [2.24, 2.45) is 5.92 Å². The SMILES string of the molecule is CCCN(C(=O)C1CCCCC1)C(CC)c1nc2ccccc2c(=O)n1-c1ccc(OCC)cc1. The van der Waals surface area contributed by atoms with Crippen LogP contribution in [0.3, 0.4) is 0 Å². The predicted octanol–water partition coefficient (Wildman–Crippen LogP) is 6.05. The molecule has 0 N–H and O–H groups in total. The first-order valence-electron chi connectivity index (χ1n) is 13.1. The molecule has 0 spiro atoms. The molecule has 1 heterocycles. The van der Waals surface area contributed by atoms with Gasteiger partial charge in [0.25, 0.3) is 5.56 Å². The first kappa shape index (κ1) is 25.0. The van der Waals surface area contributed by atoms with E-state index >= 15 is 0 Å². The van der Waals surface area contributed by atoms with Gasteiger partial charge in [-0.2, -0.15) is 0 Å². The van der Waals surface area contributed by atoms with Crippen molar-refractivity contribution in [2.75, 3.05) is 13.2 Å². The van der Waals surface area contributed by atoms with Crippen LogP contribution in [0.2, 0.25) is 0 Å². The van der Waals surface area contributed by atoms with Crippen molar-refractivity contribution in [3.63, 3.8) is 0 Å². The Morgan fingerprint density at radius 1 is 1.06 bits per heavy atom. The van der Waals surface area contributed by atoms with Crippen LogP contribution < -0.4 is 10.3 Å². The summed E-state index contributed by atoms with van der Waals surface area (Å²) in [6.45, 7) is 7.35. The van der Waals surface area contributed by atoms with E-state index < -0.39 is 0 Å². The van der Waals surface area contributed by atoms with E-state index in [1.54, 1.807) is 4.57 Å². The van der Waals surface area contributed by atoms with E-state index in [1.807, 2.05) is 60.4 Å². The minimum absolute atomic E-state index is 0.0652. The third kappa shape index (κ3) is 5.26. The monoisotopic (exact) mass is 475 g/mol. The summed E-state index contributed by atoms with van der Waals surface area (Å²) in [5, 5.41) is 0.570. The zero-order valence-corrected chi connectivity index (χ0v) is 21.2. The standard InChI is InChI=1S/C29H37N3O3/c1-4-20-31(28(33)21-12-8-7-9-13-21)26(5-2)27-30-25-15-11-10-14-24(25)29(34)32(27)22-16-18-23(19-17-22)35-6-3/h10-11,14-19,21,26H,4-9,12-13,20H2,1-3H3. The number of carbonyl (C=O) groups excluding carboxylic acids is 1. The molecule has 1 aliphatic rings. The van der Waals surface area contributed by atoms with Gasteiger partial charge in [0.05, 0.1) is 29.2 Å². The molecule has 1 aromatic heterocycles. The summed E-state index contributed by atoms with van der Waals surface area (Å²) in [4.78, 5) is 34.6. The summed E-state index contributed by atoms with van der Waals surface area (Å²) in [6.07, 6.45) is 6.86. The number of rotatable bonds is 9. The molecular formula is C29H37N3O3. The van der Waals surface area contributed by atoms with Crippen molar-refractivity contribution < 1.29 is 9.53 Å². The Morgan fingerprint density at radius 2 is 1.77 bits per heavy atom. The van der Waals surface area contributed by atoms with Crippen LogP contribution in [0.15, 0.2) is 53.3 Å². The summed E-state index contributed by atoms with van der Waals surface area (Å²) >= 11 is 0. The highest BCUT2D eigenvalue weighted by Gasteiger charge is 2.33. The molecular weight excluding hydrogens is 438 g/mol. The predicted molar refractivity (Wildman–Crippen MR) is 140 cm³/mol. The van der Waals surface area contributed by atoms with Crippen molar-refractivity contribution in [1.29, 1.82) is 0 Å². The molecule has 35 heavy (non-hydrogen) atoms. The number of amides is 1. The molecule has 4 rings (SSSR count). The Labute approximate surface area is 207 Å². The molecule has 1 atom stereocenters. The molecule has 1 unspecified atom stereocenters. The number of fused-ring (bicyclic) bond motifs is 1. The Balaban J connectivity index is 1.86. The zero-order valence-electron chi connectivity index (χ0n) is 21.2. The molecule has 3 aromatic rings. The van der Waals surface area contributed by atoms with Crippen molar-refractivity contribution in [3.8, 4) is 11.4 Å². The first-order chi connectivity index (χ1) is 17.1. The summed E-state index contributed by atoms with van der Waals surface area (Å²) in [5.41, 5.74) is 1.27. The van der Waals surface area contributed by atoms with Crippen LogP contribution in [-0.4, -0.2) is 33.5 Å². The average Bonchev–Trinajstić information content (AvgIpc) is 2.90. The summed E-state index contributed by atoms with van der Waals surface area (Å²) in [5.74, 6) is 1.65. The van der Waals surface area contributed by atoms with Gasteiger partial charge >= 0.3 is 0 Å². The Kier molecular flexibility index (Phi) is 8.21. The normalized spacial score (nSPS) is 15.2. The second-order valence-corrected chi connectivity index (χ2v) is 9.35. The molecule has 186 valence electrons. The number of hydrogen-bond acceptors (Lipinski definition) is 4. The number of nitrogens with zero attached hydrogens (tertiary/aromatic N) is 3. The number of para-hydroxylation sites is 1. The van der Waals surface area contributed by atoms with Gasteiger partial charge in [0.15, 0.2) is 0 Å². The van der Waals surface area contributed by atoms with E-state index in [1.165, 1.54) is 6.42 Å². The number of benzene rings is 2. The molecule has 1 amide bonds. The fourth-order valence-corrected chi connectivity index (χ4v) is 5.27. The lowest BCUT2D eigenvalue weighted by Gasteiger charge is -2.35. The number of carbonyl (C=O) groups is 1. The largest absolute Gasteiger partial charge is 0.494 e. The third-order valence-corrected chi connectivity index (χ3v) is 6.97. The molecule has 0 aliphatic heterocycles. The first-order valence-corrected chi connectivity index (χ1v) is 13.1. The van der Waals surface area contributed by atoms with Gasteiger partial charge in [-0.3, -0.25) is 14.2 Å². The quantitative estimate of drug-likeness (QED) is 0.378. The van der Waals surface area contributed by atoms with Gasteiger partial charge in [0.2, 0.25) is 5.91 Å². The maximum Gasteiger partial charge on any atom is 0.266 e. The molecule has 6 nitrogen and oxygen atoms in total. The number of aromatic nitrogens is 2. The molecule has 6 heteroatoms. The Hall–Kier alpha value is -3.15. The molecule has 1 fully saturated rings. The van der Waals surface area contributed by atoms with Crippen LogP contribution in [0.1, 0.15) is 77.6 Å². The molecule has 0 radical (unpaired) electrons. The highest BCUT2D eigenvalue weighted by molar-refractivity contribution is 5.80. The smallest absolute Gasteiger partial charge is 0.266 e. The van der Waals surface area contributed by atoms with Gasteiger partial charge in [-0.15, -0.1) is 0 Å². The van der Waals surface area contributed by atoms with Crippen LogP contribution in [0.5, 0.6) is 5.75 Å².